The van der Waals surface area contributed by atoms with Crippen LogP contribution in [-0.4, -0.2) is 37.6 Å². The molecule has 1 aliphatic rings. The second-order valence-corrected chi connectivity index (χ2v) is 6.78. The third-order valence-electron chi connectivity index (χ3n) is 5.04. The molecule has 0 heterocycles. The first-order valence-electron chi connectivity index (χ1n) is 7.78. The summed E-state index contributed by atoms with van der Waals surface area (Å²) >= 11 is 6.03. The van der Waals surface area contributed by atoms with Crippen LogP contribution in [0.15, 0.2) is 18.2 Å². The van der Waals surface area contributed by atoms with E-state index in [1.165, 1.54) is 25.3 Å². The number of halogens is 2. The van der Waals surface area contributed by atoms with Crippen LogP contribution in [0.3, 0.4) is 0 Å². The van der Waals surface area contributed by atoms with Crippen molar-refractivity contribution < 1.29 is 4.39 Å². The van der Waals surface area contributed by atoms with E-state index in [1.54, 1.807) is 12.1 Å². The highest BCUT2D eigenvalue weighted by molar-refractivity contribution is 6.30. The molecule has 1 aliphatic carbocycles. The molecule has 1 saturated carbocycles. The molecule has 1 N–H and O–H groups in total. The van der Waals surface area contributed by atoms with Crippen LogP contribution in [0.2, 0.25) is 5.02 Å². The summed E-state index contributed by atoms with van der Waals surface area (Å²) < 4.78 is 14.1. The van der Waals surface area contributed by atoms with E-state index in [-0.39, 0.29) is 17.4 Å². The summed E-state index contributed by atoms with van der Waals surface area (Å²) in [6, 6.07) is 5.05. The van der Waals surface area contributed by atoms with Crippen LogP contribution >= 0.6 is 11.6 Å². The van der Waals surface area contributed by atoms with Crippen molar-refractivity contribution in [2.45, 2.75) is 50.1 Å². The first kappa shape index (κ1) is 16.7. The van der Waals surface area contributed by atoms with Gasteiger partial charge in [0.15, 0.2) is 0 Å². The highest BCUT2D eigenvalue weighted by Gasteiger charge is 2.41. The van der Waals surface area contributed by atoms with Crippen molar-refractivity contribution in [3.63, 3.8) is 0 Å². The monoisotopic (exact) mass is 312 g/mol. The Bertz CT molecular complexity index is 470. The zero-order valence-electron chi connectivity index (χ0n) is 13.3. The van der Waals surface area contributed by atoms with E-state index in [2.05, 4.69) is 24.3 Å². The van der Waals surface area contributed by atoms with Gasteiger partial charge in [-0.05, 0) is 64.2 Å². The molecule has 2 nitrogen and oxygen atoms in total. The summed E-state index contributed by atoms with van der Waals surface area (Å²) in [4.78, 5) is 2.33. The minimum atomic E-state index is -0.163. The van der Waals surface area contributed by atoms with Crippen LogP contribution in [-0.2, 0) is 6.42 Å². The Balaban J connectivity index is 2.26. The molecule has 4 heteroatoms. The van der Waals surface area contributed by atoms with E-state index in [0.29, 0.717) is 17.0 Å². The zero-order chi connectivity index (χ0) is 15.5. The lowest BCUT2D eigenvalue weighted by Crippen LogP contribution is -2.60. The molecule has 21 heavy (non-hydrogen) atoms. The number of nitrogens with zero attached hydrogens (tertiary/aromatic N) is 1. The molecule has 1 aromatic rings. The summed E-state index contributed by atoms with van der Waals surface area (Å²) in [5.41, 5.74) is 0.801. The molecule has 0 radical (unpaired) electrons. The SMILES string of the molecule is CNC(Cc1cc(Cl)ccc1F)C1(N(C)C)CCCCC1. The molecule has 0 bridgehead atoms. The van der Waals surface area contributed by atoms with E-state index < -0.39 is 0 Å². The fraction of sp³-hybridized carbons (Fsp3) is 0.647. The Morgan fingerprint density at radius 1 is 1.29 bits per heavy atom. The van der Waals surface area contributed by atoms with Gasteiger partial charge in [-0.15, -0.1) is 0 Å². The van der Waals surface area contributed by atoms with Gasteiger partial charge in [0.1, 0.15) is 5.82 Å². The fourth-order valence-electron chi connectivity index (χ4n) is 3.75. The third kappa shape index (κ3) is 3.58. The van der Waals surface area contributed by atoms with E-state index in [0.717, 1.165) is 12.8 Å². The summed E-state index contributed by atoms with van der Waals surface area (Å²) in [5, 5.41) is 4.04. The fourth-order valence-corrected chi connectivity index (χ4v) is 3.95. The highest BCUT2D eigenvalue weighted by Crippen LogP contribution is 2.36. The third-order valence-corrected chi connectivity index (χ3v) is 5.27. The van der Waals surface area contributed by atoms with Gasteiger partial charge >= 0.3 is 0 Å². The maximum Gasteiger partial charge on any atom is 0.126 e. The Kier molecular flexibility index (Phi) is 5.64. The second-order valence-electron chi connectivity index (χ2n) is 6.34. The number of nitrogens with one attached hydrogen (secondary N) is 1. The maximum atomic E-state index is 14.1. The van der Waals surface area contributed by atoms with Crippen LogP contribution in [0.1, 0.15) is 37.7 Å². The van der Waals surface area contributed by atoms with Gasteiger partial charge in [-0.3, -0.25) is 0 Å². The zero-order valence-corrected chi connectivity index (χ0v) is 14.0. The van der Waals surface area contributed by atoms with Gasteiger partial charge in [0.25, 0.3) is 0 Å². The lowest BCUT2D eigenvalue weighted by Gasteiger charge is -2.48. The quantitative estimate of drug-likeness (QED) is 0.888. The Labute approximate surface area is 132 Å². The van der Waals surface area contributed by atoms with Crippen LogP contribution in [0.5, 0.6) is 0 Å². The number of benzene rings is 1. The molecule has 1 aromatic carbocycles. The predicted molar refractivity (Wildman–Crippen MR) is 87.5 cm³/mol. The van der Waals surface area contributed by atoms with Gasteiger partial charge in [0.2, 0.25) is 0 Å². The largest absolute Gasteiger partial charge is 0.315 e. The molecule has 1 atom stereocenters. The van der Waals surface area contributed by atoms with Gasteiger partial charge in [0, 0.05) is 16.6 Å². The molecule has 1 fully saturated rings. The van der Waals surface area contributed by atoms with Crippen molar-refractivity contribution in [3.05, 3.63) is 34.6 Å². The van der Waals surface area contributed by atoms with Crippen LogP contribution < -0.4 is 5.32 Å². The minimum Gasteiger partial charge on any atom is -0.315 e. The molecule has 118 valence electrons. The summed E-state index contributed by atoms with van der Waals surface area (Å²) in [5.74, 6) is -0.163. The van der Waals surface area contributed by atoms with Gasteiger partial charge in [-0.25, -0.2) is 4.39 Å². The van der Waals surface area contributed by atoms with E-state index >= 15 is 0 Å². The number of likely N-dealkylation sites (N-methyl/N-ethyl adjacent to an activating group) is 2. The Hall–Kier alpha value is -0.640. The van der Waals surface area contributed by atoms with E-state index in [4.69, 9.17) is 11.6 Å². The van der Waals surface area contributed by atoms with Gasteiger partial charge in [-0.1, -0.05) is 30.9 Å². The molecule has 1 unspecified atom stereocenters. The predicted octanol–water partition coefficient (Wildman–Crippen LogP) is 3.87. The molecule has 2 rings (SSSR count). The molecular formula is C17H26ClFN2. The highest BCUT2D eigenvalue weighted by atomic mass is 35.5. The van der Waals surface area contributed by atoms with Crippen molar-refractivity contribution >= 4 is 11.6 Å². The molecule has 0 amide bonds. The maximum absolute atomic E-state index is 14.1. The van der Waals surface area contributed by atoms with E-state index in [1.807, 2.05) is 7.05 Å². The minimum absolute atomic E-state index is 0.0990. The molecule has 0 aromatic heterocycles. The van der Waals surface area contributed by atoms with Crippen molar-refractivity contribution in [1.29, 1.82) is 0 Å². The standard InChI is InChI=1S/C17H26ClFN2/c1-20-16(12-13-11-14(18)7-8-15(13)19)17(21(2)3)9-5-4-6-10-17/h7-8,11,16,20H,4-6,9-10,12H2,1-3H3. The first-order chi connectivity index (χ1) is 9.99. The van der Waals surface area contributed by atoms with Crippen molar-refractivity contribution in [2.75, 3.05) is 21.1 Å². The Morgan fingerprint density at radius 3 is 2.52 bits per heavy atom. The Morgan fingerprint density at radius 2 is 1.95 bits per heavy atom. The van der Waals surface area contributed by atoms with Crippen molar-refractivity contribution in [3.8, 4) is 0 Å². The molecule has 0 spiro atoms. The van der Waals surface area contributed by atoms with Crippen LogP contribution in [0, 0.1) is 5.82 Å². The lowest BCUT2D eigenvalue weighted by molar-refractivity contribution is 0.0595. The van der Waals surface area contributed by atoms with Crippen molar-refractivity contribution in [1.82, 2.24) is 10.2 Å². The normalized spacial score (nSPS) is 19.7. The van der Waals surface area contributed by atoms with Gasteiger partial charge in [-0.2, -0.15) is 0 Å². The van der Waals surface area contributed by atoms with E-state index in [9.17, 15) is 4.39 Å². The average Bonchev–Trinajstić information content (AvgIpc) is 2.48. The van der Waals surface area contributed by atoms with Crippen LogP contribution in [0.25, 0.3) is 0 Å². The van der Waals surface area contributed by atoms with Gasteiger partial charge in [0.05, 0.1) is 0 Å². The summed E-state index contributed by atoms with van der Waals surface area (Å²) in [6.07, 6.45) is 6.78. The number of rotatable bonds is 5. The van der Waals surface area contributed by atoms with Crippen molar-refractivity contribution in [2.24, 2.45) is 0 Å². The molecule has 0 aliphatic heterocycles. The number of hydrogen-bond acceptors (Lipinski definition) is 2. The molecular weight excluding hydrogens is 287 g/mol. The average molecular weight is 313 g/mol. The summed E-state index contributed by atoms with van der Waals surface area (Å²) in [6.45, 7) is 0. The lowest BCUT2D eigenvalue weighted by atomic mass is 9.73. The van der Waals surface area contributed by atoms with Gasteiger partial charge < -0.3 is 10.2 Å². The summed E-state index contributed by atoms with van der Waals surface area (Å²) in [7, 11) is 6.26. The second kappa shape index (κ2) is 7.08. The number of hydrogen-bond donors (Lipinski definition) is 1. The first-order valence-corrected chi connectivity index (χ1v) is 8.16. The smallest absolute Gasteiger partial charge is 0.126 e. The molecule has 0 saturated heterocycles. The van der Waals surface area contributed by atoms with Crippen LogP contribution in [0.4, 0.5) is 4.39 Å². The topological polar surface area (TPSA) is 15.3 Å².